The number of benzene rings is 1. The second-order valence-corrected chi connectivity index (χ2v) is 2.98. The van der Waals surface area contributed by atoms with Gasteiger partial charge in [-0.1, -0.05) is 24.3 Å². The first kappa shape index (κ1) is 9.31. The minimum atomic E-state index is 0. The van der Waals surface area contributed by atoms with Crippen molar-refractivity contribution in [3.05, 3.63) is 35.4 Å². The van der Waals surface area contributed by atoms with Gasteiger partial charge in [-0.3, -0.25) is 0 Å². The van der Waals surface area contributed by atoms with Gasteiger partial charge in [-0.25, -0.2) is 0 Å². The van der Waals surface area contributed by atoms with Crippen LogP contribution in [0.4, 0.5) is 0 Å². The summed E-state index contributed by atoms with van der Waals surface area (Å²) in [5, 5.41) is 0. The van der Waals surface area contributed by atoms with Gasteiger partial charge >= 0.3 is 29.6 Å². The van der Waals surface area contributed by atoms with Crippen molar-refractivity contribution in [2.24, 2.45) is 0 Å². The Labute approximate surface area is 90.3 Å². The van der Waals surface area contributed by atoms with Crippen LogP contribution in [0.15, 0.2) is 24.3 Å². The third-order valence-electron chi connectivity index (χ3n) is 2.26. The molecular formula is C10H13Na. The monoisotopic (exact) mass is 156 g/mol. The molecule has 0 N–H and O–H groups in total. The van der Waals surface area contributed by atoms with E-state index in [1.54, 1.807) is 11.1 Å². The molecule has 0 unspecified atom stereocenters. The van der Waals surface area contributed by atoms with Crippen LogP contribution < -0.4 is 0 Å². The maximum absolute atomic E-state index is 2.26. The predicted octanol–water partition coefficient (Wildman–Crippen LogP) is 1.92. The van der Waals surface area contributed by atoms with Gasteiger partial charge in [0.2, 0.25) is 0 Å². The molecule has 11 heavy (non-hydrogen) atoms. The van der Waals surface area contributed by atoms with Crippen molar-refractivity contribution in [3.8, 4) is 0 Å². The molecule has 0 aliphatic heterocycles. The van der Waals surface area contributed by atoms with E-state index in [9.17, 15) is 0 Å². The largest absolute Gasteiger partial charge is 0.0620 e. The fourth-order valence-corrected chi connectivity index (χ4v) is 1.68. The second kappa shape index (κ2) is 4.30. The summed E-state index contributed by atoms with van der Waals surface area (Å²) in [6, 6.07) is 8.80. The summed E-state index contributed by atoms with van der Waals surface area (Å²) in [4.78, 5) is 0. The van der Waals surface area contributed by atoms with Crippen molar-refractivity contribution in [1.29, 1.82) is 0 Å². The van der Waals surface area contributed by atoms with Crippen molar-refractivity contribution in [2.75, 3.05) is 0 Å². The first-order chi connectivity index (χ1) is 4.97. The molecule has 54 valence electrons. The summed E-state index contributed by atoms with van der Waals surface area (Å²) in [5.41, 5.74) is 3.16. The molecule has 0 fully saturated rings. The average molecular weight is 156 g/mol. The fourth-order valence-electron chi connectivity index (χ4n) is 1.68. The zero-order chi connectivity index (χ0) is 6.81. The normalized spacial score (nSPS) is 14.9. The van der Waals surface area contributed by atoms with Crippen molar-refractivity contribution >= 4 is 29.6 Å². The van der Waals surface area contributed by atoms with E-state index < -0.39 is 0 Å². The van der Waals surface area contributed by atoms with Gasteiger partial charge in [0, 0.05) is 0 Å². The van der Waals surface area contributed by atoms with Crippen LogP contribution in [0.25, 0.3) is 0 Å². The number of fused-ring (bicyclic) bond motifs is 1. The Hall–Kier alpha value is 0.220. The molecule has 0 radical (unpaired) electrons. The Bertz CT molecular complexity index is 205. The van der Waals surface area contributed by atoms with E-state index in [-0.39, 0.29) is 29.6 Å². The Morgan fingerprint density at radius 3 is 1.73 bits per heavy atom. The van der Waals surface area contributed by atoms with Gasteiger partial charge in [-0.2, -0.15) is 0 Å². The van der Waals surface area contributed by atoms with Gasteiger partial charge in [0.05, 0.1) is 0 Å². The Morgan fingerprint density at radius 2 is 1.27 bits per heavy atom. The summed E-state index contributed by atoms with van der Waals surface area (Å²) in [6.45, 7) is 0. The molecule has 0 bridgehead atoms. The van der Waals surface area contributed by atoms with Crippen molar-refractivity contribution in [2.45, 2.75) is 25.7 Å². The smallest absolute Gasteiger partial charge is 0.0276 e. The molecule has 0 atom stereocenters. The van der Waals surface area contributed by atoms with E-state index in [0.717, 1.165) is 0 Å². The van der Waals surface area contributed by atoms with E-state index in [1.807, 2.05) is 0 Å². The Morgan fingerprint density at radius 1 is 0.818 bits per heavy atom. The number of aryl methyl sites for hydroxylation is 2. The fraction of sp³-hybridized carbons (Fsp3) is 0.400. The third-order valence-corrected chi connectivity index (χ3v) is 2.26. The first-order valence-electron chi connectivity index (χ1n) is 4.03. The van der Waals surface area contributed by atoms with Gasteiger partial charge in [0.25, 0.3) is 0 Å². The summed E-state index contributed by atoms with van der Waals surface area (Å²) in [5.74, 6) is 0. The van der Waals surface area contributed by atoms with Gasteiger partial charge < -0.3 is 0 Å². The SMILES string of the molecule is [NaH].c1ccc2c(c1)CCCC2. The van der Waals surface area contributed by atoms with Gasteiger partial charge in [-0.05, 0) is 36.8 Å². The molecule has 0 saturated carbocycles. The predicted molar refractivity (Wildman–Crippen MR) is 50.2 cm³/mol. The quantitative estimate of drug-likeness (QED) is 0.503. The van der Waals surface area contributed by atoms with Crippen LogP contribution in [0.2, 0.25) is 0 Å². The second-order valence-electron chi connectivity index (χ2n) is 2.98. The van der Waals surface area contributed by atoms with Gasteiger partial charge in [0.1, 0.15) is 0 Å². The molecule has 1 aliphatic carbocycles. The third kappa shape index (κ3) is 2.08. The van der Waals surface area contributed by atoms with Crippen LogP contribution in [-0.2, 0) is 12.8 Å². The minimum Gasteiger partial charge on any atom is -0.0620 e. The standard InChI is InChI=1S/C10H12.Na.H/c1-2-6-10-8-4-3-7-9(10)5-1;;/h1-2,5-6H,3-4,7-8H2;;. The molecule has 0 spiro atoms. The molecule has 0 aromatic heterocycles. The molecule has 0 heterocycles. The van der Waals surface area contributed by atoms with Crippen LogP contribution in [-0.4, -0.2) is 29.6 Å². The molecule has 0 saturated heterocycles. The van der Waals surface area contributed by atoms with Crippen molar-refractivity contribution < 1.29 is 0 Å². The number of rotatable bonds is 0. The first-order valence-corrected chi connectivity index (χ1v) is 4.03. The molecule has 1 heteroatoms. The molecule has 0 nitrogen and oxygen atoms in total. The van der Waals surface area contributed by atoms with Crippen LogP contribution in [0.5, 0.6) is 0 Å². The van der Waals surface area contributed by atoms with Crippen LogP contribution in [0, 0.1) is 0 Å². The summed E-state index contributed by atoms with van der Waals surface area (Å²) < 4.78 is 0. The van der Waals surface area contributed by atoms with E-state index in [4.69, 9.17) is 0 Å². The van der Waals surface area contributed by atoms with Crippen LogP contribution in [0.1, 0.15) is 24.0 Å². The maximum Gasteiger partial charge on any atom is -0.0276 e. The van der Waals surface area contributed by atoms with E-state index in [1.165, 1.54) is 25.7 Å². The maximum atomic E-state index is 2.26. The van der Waals surface area contributed by atoms with Crippen molar-refractivity contribution in [3.63, 3.8) is 0 Å². The molecule has 1 aromatic carbocycles. The zero-order valence-corrected chi connectivity index (χ0v) is 6.14. The van der Waals surface area contributed by atoms with Crippen LogP contribution >= 0.6 is 0 Å². The van der Waals surface area contributed by atoms with Gasteiger partial charge in [-0.15, -0.1) is 0 Å². The molecule has 1 aliphatic rings. The number of hydrogen-bond acceptors (Lipinski definition) is 0. The Kier molecular flexibility index (Phi) is 3.64. The van der Waals surface area contributed by atoms with E-state index in [0.29, 0.717) is 0 Å². The number of hydrogen-bond donors (Lipinski definition) is 0. The van der Waals surface area contributed by atoms with Crippen LogP contribution in [0.3, 0.4) is 0 Å². The van der Waals surface area contributed by atoms with Gasteiger partial charge in [0.15, 0.2) is 0 Å². The van der Waals surface area contributed by atoms with E-state index in [2.05, 4.69) is 24.3 Å². The molecular weight excluding hydrogens is 143 g/mol. The minimum absolute atomic E-state index is 0. The molecule has 0 amide bonds. The summed E-state index contributed by atoms with van der Waals surface area (Å²) in [7, 11) is 0. The molecule has 1 aromatic rings. The van der Waals surface area contributed by atoms with E-state index >= 15 is 0 Å². The average Bonchev–Trinajstić information content (AvgIpc) is 2.05. The summed E-state index contributed by atoms with van der Waals surface area (Å²) >= 11 is 0. The molecule has 2 rings (SSSR count). The van der Waals surface area contributed by atoms with Crippen molar-refractivity contribution in [1.82, 2.24) is 0 Å². The topological polar surface area (TPSA) is 0 Å². The summed E-state index contributed by atoms with van der Waals surface area (Å²) in [6.07, 6.45) is 5.38. The zero-order valence-electron chi connectivity index (χ0n) is 6.14. The Balaban J connectivity index is 0.000000605.